The number of hydrogen-bond acceptors (Lipinski definition) is 3. The van der Waals surface area contributed by atoms with Gasteiger partial charge < -0.3 is 15.5 Å². The van der Waals surface area contributed by atoms with Gasteiger partial charge in [-0.3, -0.25) is 9.89 Å². The summed E-state index contributed by atoms with van der Waals surface area (Å²) in [6.07, 6.45) is 6.90. The predicted octanol–water partition coefficient (Wildman–Crippen LogP) is 2.13. The van der Waals surface area contributed by atoms with Crippen LogP contribution >= 0.6 is 24.0 Å². The zero-order chi connectivity index (χ0) is 15.8. The highest BCUT2D eigenvalue weighted by atomic mass is 127. The van der Waals surface area contributed by atoms with Crippen LogP contribution < -0.4 is 10.6 Å². The van der Waals surface area contributed by atoms with Crippen molar-refractivity contribution < 1.29 is 0 Å². The predicted molar refractivity (Wildman–Crippen MR) is 110 cm³/mol. The molecule has 1 saturated carbocycles. The summed E-state index contributed by atoms with van der Waals surface area (Å²) in [6.45, 7) is 11.1. The Labute approximate surface area is 159 Å². The summed E-state index contributed by atoms with van der Waals surface area (Å²) in [5.74, 6) is 0.963. The first-order valence-corrected chi connectivity index (χ1v) is 9.20. The van der Waals surface area contributed by atoms with E-state index >= 15 is 0 Å². The number of aliphatic imine (C=N–C) groups is 1. The van der Waals surface area contributed by atoms with Crippen LogP contribution in [-0.2, 0) is 0 Å². The number of nitrogens with one attached hydrogen (secondary N) is 2. The largest absolute Gasteiger partial charge is 0.355 e. The molecule has 5 nitrogen and oxygen atoms in total. The van der Waals surface area contributed by atoms with Crippen LogP contribution in [0.2, 0.25) is 0 Å². The molecule has 6 heteroatoms. The Balaban J connectivity index is 0.00000264. The molecule has 0 radical (unpaired) electrons. The first kappa shape index (κ1) is 21.0. The number of likely N-dealkylation sites (tertiary alicyclic amines) is 1. The number of nitrogens with zero attached hydrogens (tertiary/aromatic N) is 3. The lowest BCUT2D eigenvalue weighted by molar-refractivity contribution is 0.242. The Morgan fingerprint density at radius 2 is 1.87 bits per heavy atom. The van der Waals surface area contributed by atoms with Crippen LogP contribution in [0.1, 0.15) is 46.0 Å². The maximum atomic E-state index is 4.38. The van der Waals surface area contributed by atoms with Gasteiger partial charge in [-0.15, -0.1) is 24.0 Å². The molecule has 1 aliphatic heterocycles. The third-order valence-electron chi connectivity index (χ3n) is 5.24. The summed E-state index contributed by atoms with van der Waals surface area (Å²) in [6, 6.07) is 1.41. The minimum atomic E-state index is 0. The van der Waals surface area contributed by atoms with Crippen molar-refractivity contribution >= 4 is 29.9 Å². The summed E-state index contributed by atoms with van der Waals surface area (Å²) < 4.78 is 0. The van der Waals surface area contributed by atoms with Crippen LogP contribution in [0.5, 0.6) is 0 Å². The lowest BCUT2D eigenvalue weighted by Crippen LogP contribution is -2.47. The van der Waals surface area contributed by atoms with Crippen molar-refractivity contribution in [3.05, 3.63) is 0 Å². The van der Waals surface area contributed by atoms with E-state index in [1.165, 1.54) is 45.2 Å². The standard InChI is InChI=1S/C17H35N5.HI/c1-4-21(5-2)13-11-19-17(18-3)20-15-10-12-22(14-15)16-8-6-7-9-16;/h15-16H,4-14H2,1-3H3,(H2,18,19,20);1H. The van der Waals surface area contributed by atoms with Crippen molar-refractivity contribution in [1.29, 1.82) is 0 Å². The Morgan fingerprint density at radius 1 is 1.17 bits per heavy atom. The molecule has 0 aromatic heterocycles. The number of rotatable bonds is 7. The Morgan fingerprint density at radius 3 is 2.48 bits per heavy atom. The van der Waals surface area contributed by atoms with Gasteiger partial charge >= 0.3 is 0 Å². The number of hydrogen-bond donors (Lipinski definition) is 2. The molecule has 2 aliphatic rings. The molecule has 0 aromatic rings. The molecule has 0 bridgehead atoms. The maximum Gasteiger partial charge on any atom is 0.191 e. The van der Waals surface area contributed by atoms with Gasteiger partial charge in [-0.05, 0) is 32.4 Å². The average Bonchev–Trinajstić information content (AvgIpc) is 3.21. The van der Waals surface area contributed by atoms with E-state index in [4.69, 9.17) is 0 Å². The van der Waals surface area contributed by atoms with Crippen molar-refractivity contribution in [2.75, 3.05) is 46.3 Å². The van der Waals surface area contributed by atoms with Gasteiger partial charge in [0.25, 0.3) is 0 Å². The van der Waals surface area contributed by atoms with E-state index in [1.54, 1.807) is 0 Å². The van der Waals surface area contributed by atoms with E-state index in [2.05, 4.69) is 39.3 Å². The second kappa shape index (κ2) is 11.5. The van der Waals surface area contributed by atoms with Crippen LogP contribution in [0.4, 0.5) is 0 Å². The summed E-state index contributed by atoms with van der Waals surface area (Å²) in [4.78, 5) is 9.50. The van der Waals surface area contributed by atoms with Gasteiger partial charge in [-0.1, -0.05) is 26.7 Å². The molecular formula is C17H36IN5. The number of guanidine groups is 1. The van der Waals surface area contributed by atoms with Gasteiger partial charge in [-0.25, -0.2) is 0 Å². The number of halogens is 1. The summed E-state index contributed by atoms with van der Waals surface area (Å²) in [5.41, 5.74) is 0. The normalized spacial score (nSPS) is 23.3. The Kier molecular flexibility index (Phi) is 10.5. The smallest absolute Gasteiger partial charge is 0.191 e. The first-order valence-electron chi connectivity index (χ1n) is 9.20. The SMILES string of the molecule is CCN(CC)CCNC(=NC)NC1CCN(C2CCCC2)C1.I. The molecule has 2 N–H and O–H groups in total. The van der Waals surface area contributed by atoms with E-state index in [9.17, 15) is 0 Å². The van der Waals surface area contributed by atoms with E-state index < -0.39 is 0 Å². The highest BCUT2D eigenvalue weighted by molar-refractivity contribution is 14.0. The van der Waals surface area contributed by atoms with Gasteiger partial charge in [-0.2, -0.15) is 0 Å². The second-order valence-corrected chi connectivity index (χ2v) is 6.59. The van der Waals surface area contributed by atoms with E-state index in [1.807, 2.05) is 7.05 Å². The van der Waals surface area contributed by atoms with Gasteiger partial charge in [0.2, 0.25) is 0 Å². The van der Waals surface area contributed by atoms with Crippen molar-refractivity contribution in [1.82, 2.24) is 20.4 Å². The molecule has 0 spiro atoms. The molecule has 0 aromatic carbocycles. The Hall–Kier alpha value is -0.0800. The second-order valence-electron chi connectivity index (χ2n) is 6.59. The lowest BCUT2D eigenvalue weighted by atomic mass is 10.2. The van der Waals surface area contributed by atoms with Crippen LogP contribution in [0.15, 0.2) is 4.99 Å². The monoisotopic (exact) mass is 437 g/mol. The van der Waals surface area contributed by atoms with Gasteiger partial charge in [0.05, 0.1) is 0 Å². The van der Waals surface area contributed by atoms with Crippen LogP contribution in [0, 0.1) is 0 Å². The molecule has 23 heavy (non-hydrogen) atoms. The van der Waals surface area contributed by atoms with E-state index in [-0.39, 0.29) is 24.0 Å². The first-order chi connectivity index (χ1) is 10.8. The zero-order valence-corrected chi connectivity index (χ0v) is 17.5. The van der Waals surface area contributed by atoms with Gasteiger partial charge in [0.1, 0.15) is 0 Å². The minimum Gasteiger partial charge on any atom is -0.355 e. The molecular weight excluding hydrogens is 401 g/mol. The third kappa shape index (κ3) is 6.74. The average molecular weight is 437 g/mol. The van der Waals surface area contributed by atoms with Crippen LogP contribution in [-0.4, -0.2) is 74.2 Å². The molecule has 1 unspecified atom stereocenters. The molecule has 2 fully saturated rings. The van der Waals surface area contributed by atoms with Crippen molar-refractivity contribution in [2.24, 2.45) is 4.99 Å². The fraction of sp³-hybridized carbons (Fsp3) is 0.941. The van der Waals surface area contributed by atoms with Gasteiger partial charge in [0, 0.05) is 45.3 Å². The maximum absolute atomic E-state index is 4.38. The molecule has 1 heterocycles. The van der Waals surface area contributed by atoms with Gasteiger partial charge in [0.15, 0.2) is 5.96 Å². The third-order valence-corrected chi connectivity index (χ3v) is 5.24. The summed E-state index contributed by atoms with van der Waals surface area (Å²) >= 11 is 0. The van der Waals surface area contributed by atoms with Crippen molar-refractivity contribution in [2.45, 2.75) is 58.0 Å². The summed E-state index contributed by atoms with van der Waals surface area (Å²) in [7, 11) is 1.87. The molecule has 1 saturated heterocycles. The van der Waals surface area contributed by atoms with Crippen molar-refractivity contribution in [3.8, 4) is 0 Å². The van der Waals surface area contributed by atoms with Crippen molar-refractivity contribution in [3.63, 3.8) is 0 Å². The minimum absolute atomic E-state index is 0. The molecule has 1 aliphatic carbocycles. The van der Waals surface area contributed by atoms with Crippen LogP contribution in [0.3, 0.4) is 0 Å². The van der Waals surface area contributed by atoms with Crippen LogP contribution in [0.25, 0.3) is 0 Å². The summed E-state index contributed by atoms with van der Waals surface area (Å²) in [5, 5.41) is 7.07. The molecule has 1 atom stereocenters. The molecule has 136 valence electrons. The lowest BCUT2D eigenvalue weighted by Gasteiger charge is -2.24. The van der Waals surface area contributed by atoms with E-state index in [0.717, 1.165) is 38.2 Å². The van der Waals surface area contributed by atoms with E-state index in [0.29, 0.717) is 6.04 Å². The zero-order valence-electron chi connectivity index (χ0n) is 15.2. The quantitative estimate of drug-likeness (QED) is 0.364. The molecule has 0 amide bonds. The number of likely N-dealkylation sites (N-methyl/N-ethyl adjacent to an activating group) is 1. The fourth-order valence-electron chi connectivity index (χ4n) is 3.77. The topological polar surface area (TPSA) is 42.9 Å². The highest BCUT2D eigenvalue weighted by Gasteiger charge is 2.30. The fourth-order valence-corrected chi connectivity index (χ4v) is 3.77. The Bertz CT molecular complexity index is 340. The highest BCUT2D eigenvalue weighted by Crippen LogP contribution is 2.26. The molecule has 2 rings (SSSR count).